The molecule has 19 heavy (non-hydrogen) atoms. The lowest BCUT2D eigenvalue weighted by molar-refractivity contribution is -0.0528. The van der Waals surface area contributed by atoms with E-state index in [1.165, 1.54) is 7.11 Å². The SMILES string of the molecule is COc1cc(Cl)cc(CN2CC(C)OCC2C)c1O. The predicted octanol–water partition coefficient (Wildman–Crippen LogP) is 2.66. The Morgan fingerprint density at radius 1 is 1.47 bits per heavy atom. The summed E-state index contributed by atoms with van der Waals surface area (Å²) < 4.78 is 10.7. The van der Waals surface area contributed by atoms with E-state index >= 15 is 0 Å². The van der Waals surface area contributed by atoms with Crippen LogP contribution >= 0.6 is 11.6 Å². The smallest absolute Gasteiger partial charge is 0.162 e. The first-order valence-electron chi connectivity index (χ1n) is 6.42. The standard InChI is InChI=1S/C14H20ClNO3/c1-9-8-19-10(2)6-16(9)7-11-4-12(15)5-13(18-3)14(11)17/h4-5,9-10,17H,6-8H2,1-3H3. The zero-order valence-corrected chi connectivity index (χ0v) is 12.3. The van der Waals surface area contributed by atoms with Gasteiger partial charge in [-0.2, -0.15) is 0 Å². The van der Waals surface area contributed by atoms with Crippen molar-refractivity contribution in [3.05, 3.63) is 22.7 Å². The fraction of sp³-hybridized carbons (Fsp3) is 0.571. The Hall–Kier alpha value is -0.970. The highest BCUT2D eigenvalue weighted by molar-refractivity contribution is 6.30. The Bertz CT molecular complexity index is 453. The number of benzene rings is 1. The number of rotatable bonds is 3. The fourth-order valence-electron chi connectivity index (χ4n) is 2.32. The predicted molar refractivity (Wildman–Crippen MR) is 75.0 cm³/mol. The minimum atomic E-state index is 0.165. The van der Waals surface area contributed by atoms with E-state index in [1.54, 1.807) is 12.1 Å². The van der Waals surface area contributed by atoms with Crippen molar-refractivity contribution in [2.75, 3.05) is 20.3 Å². The molecule has 2 unspecified atom stereocenters. The molecule has 5 heteroatoms. The number of ether oxygens (including phenoxy) is 2. The summed E-state index contributed by atoms with van der Waals surface area (Å²) in [4.78, 5) is 2.28. The van der Waals surface area contributed by atoms with Crippen LogP contribution in [-0.2, 0) is 11.3 Å². The minimum Gasteiger partial charge on any atom is -0.504 e. The normalized spacial score (nSPS) is 24.4. The van der Waals surface area contributed by atoms with Crippen LogP contribution < -0.4 is 4.74 Å². The number of hydrogen-bond donors (Lipinski definition) is 1. The number of methoxy groups -OCH3 is 1. The molecule has 1 saturated heterocycles. The van der Waals surface area contributed by atoms with Crippen LogP contribution in [0.15, 0.2) is 12.1 Å². The Balaban J connectivity index is 2.20. The summed E-state index contributed by atoms with van der Waals surface area (Å²) in [5.41, 5.74) is 0.783. The molecule has 0 amide bonds. The molecule has 1 aliphatic heterocycles. The molecule has 2 rings (SSSR count). The molecule has 0 spiro atoms. The minimum absolute atomic E-state index is 0.165. The third kappa shape index (κ3) is 3.32. The van der Waals surface area contributed by atoms with Gasteiger partial charge in [0.25, 0.3) is 0 Å². The van der Waals surface area contributed by atoms with Gasteiger partial charge in [-0.1, -0.05) is 11.6 Å². The van der Waals surface area contributed by atoms with E-state index in [9.17, 15) is 5.11 Å². The van der Waals surface area contributed by atoms with Gasteiger partial charge in [0.1, 0.15) is 0 Å². The maximum Gasteiger partial charge on any atom is 0.162 e. The molecule has 4 nitrogen and oxygen atoms in total. The highest BCUT2D eigenvalue weighted by atomic mass is 35.5. The molecular weight excluding hydrogens is 266 g/mol. The van der Waals surface area contributed by atoms with Gasteiger partial charge >= 0.3 is 0 Å². The Labute approximate surface area is 118 Å². The van der Waals surface area contributed by atoms with Crippen molar-refractivity contribution >= 4 is 11.6 Å². The van der Waals surface area contributed by atoms with Crippen LogP contribution in [0.3, 0.4) is 0 Å². The number of phenolic OH excluding ortho intramolecular Hbond substituents is 1. The molecule has 1 heterocycles. The molecule has 1 aromatic carbocycles. The third-order valence-electron chi connectivity index (χ3n) is 3.45. The summed E-state index contributed by atoms with van der Waals surface area (Å²) in [6.07, 6.45) is 0.208. The summed E-state index contributed by atoms with van der Waals surface area (Å²) in [5, 5.41) is 10.7. The van der Waals surface area contributed by atoms with E-state index < -0.39 is 0 Å². The summed E-state index contributed by atoms with van der Waals surface area (Å²) in [5.74, 6) is 0.578. The van der Waals surface area contributed by atoms with Crippen LogP contribution in [0, 0.1) is 0 Å². The topological polar surface area (TPSA) is 41.9 Å². The largest absolute Gasteiger partial charge is 0.504 e. The molecule has 2 atom stereocenters. The number of hydrogen-bond acceptors (Lipinski definition) is 4. The van der Waals surface area contributed by atoms with Crippen LogP contribution in [-0.4, -0.2) is 42.4 Å². The number of halogens is 1. The van der Waals surface area contributed by atoms with Crippen molar-refractivity contribution < 1.29 is 14.6 Å². The summed E-state index contributed by atoms with van der Waals surface area (Å²) >= 11 is 6.05. The number of phenols is 1. The molecule has 1 N–H and O–H groups in total. The Morgan fingerprint density at radius 2 is 2.21 bits per heavy atom. The summed E-state index contributed by atoms with van der Waals surface area (Å²) in [6.45, 7) is 6.36. The fourth-order valence-corrected chi connectivity index (χ4v) is 2.55. The maximum atomic E-state index is 10.2. The number of nitrogens with zero attached hydrogens (tertiary/aromatic N) is 1. The van der Waals surface area contributed by atoms with Crippen molar-refractivity contribution in [2.24, 2.45) is 0 Å². The monoisotopic (exact) mass is 285 g/mol. The second-order valence-electron chi connectivity index (χ2n) is 5.04. The van der Waals surface area contributed by atoms with Gasteiger partial charge in [-0.25, -0.2) is 0 Å². The lowest BCUT2D eigenvalue weighted by Gasteiger charge is -2.36. The molecule has 1 aromatic rings. The van der Waals surface area contributed by atoms with E-state index in [1.807, 2.05) is 0 Å². The molecule has 1 fully saturated rings. The third-order valence-corrected chi connectivity index (χ3v) is 3.67. The average Bonchev–Trinajstić information content (AvgIpc) is 2.37. The number of aromatic hydroxyl groups is 1. The molecule has 0 aromatic heterocycles. The summed E-state index contributed by atoms with van der Waals surface area (Å²) in [7, 11) is 1.52. The van der Waals surface area contributed by atoms with Crippen LogP contribution in [0.1, 0.15) is 19.4 Å². The van der Waals surface area contributed by atoms with Gasteiger partial charge in [0.05, 0.1) is 19.8 Å². The molecule has 0 bridgehead atoms. The van der Waals surface area contributed by atoms with E-state index in [0.29, 0.717) is 30.0 Å². The van der Waals surface area contributed by atoms with Crippen LogP contribution in [0.4, 0.5) is 0 Å². The van der Waals surface area contributed by atoms with Crippen molar-refractivity contribution in [2.45, 2.75) is 32.5 Å². The van der Waals surface area contributed by atoms with Crippen molar-refractivity contribution in [1.82, 2.24) is 4.90 Å². The molecule has 0 aliphatic carbocycles. The van der Waals surface area contributed by atoms with Crippen molar-refractivity contribution in [3.63, 3.8) is 0 Å². The highest BCUT2D eigenvalue weighted by Gasteiger charge is 2.24. The Kier molecular flexibility index (Phi) is 4.55. The molecule has 1 aliphatic rings. The molecule has 0 radical (unpaired) electrons. The molecular formula is C14H20ClNO3. The average molecular weight is 286 g/mol. The van der Waals surface area contributed by atoms with Gasteiger partial charge in [0, 0.05) is 35.8 Å². The lowest BCUT2D eigenvalue weighted by Crippen LogP contribution is -2.46. The number of morpholine rings is 1. The Morgan fingerprint density at radius 3 is 2.89 bits per heavy atom. The van der Waals surface area contributed by atoms with E-state index in [-0.39, 0.29) is 11.9 Å². The quantitative estimate of drug-likeness (QED) is 0.927. The summed E-state index contributed by atoms with van der Waals surface area (Å²) in [6, 6.07) is 3.72. The van der Waals surface area contributed by atoms with Crippen molar-refractivity contribution in [1.29, 1.82) is 0 Å². The zero-order valence-electron chi connectivity index (χ0n) is 11.5. The van der Waals surface area contributed by atoms with Gasteiger partial charge in [0.15, 0.2) is 11.5 Å². The first-order valence-corrected chi connectivity index (χ1v) is 6.80. The zero-order chi connectivity index (χ0) is 14.0. The molecule has 106 valence electrons. The van der Waals surface area contributed by atoms with Crippen molar-refractivity contribution in [3.8, 4) is 11.5 Å². The highest BCUT2D eigenvalue weighted by Crippen LogP contribution is 2.34. The first-order chi connectivity index (χ1) is 9.01. The first kappa shape index (κ1) is 14.4. The van der Waals surface area contributed by atoms with Gasteiger partial charge in [0.2, 0.25) is 0 Å². The van der Waals surface area contributed by atoms with Crippen LogP contribution in [0.5, 0.6) is 11.5 Å². The molecule has 0 saturated carbocycles. The maximum absolute atomic E-state index is 10.2. The van der Waals surface area contributed by atoms with Gasteiger partial charge in [-0.05, 0) is 19.9 Å². The van der Waals surface area contributed by atoms with E-state index in [0.717, 1.165) is 12.1 Å². The van der Waals surface area contributed by atoms with Gasteiger partial charge in [-0.3, -0.25) is 4.90 Å². The van der Waals surface area contributed by atoms with E-state index in [2.05, 4.69) is 18.7 Å². The second-order valence-corrected chi connectivity index (χ2v) is 5.47. The second kappa shape index (κ2) is 5.99. The van der Waals surface area contributed by atoms with Gasteiger partial charge < -0.3 is 14.6 Å². The van der Waals surface area contributed by atoms with Gasteiger partial charge in [-0.15, -0.1) is 0 Å². The van der Waals surface area contributed by atoms with Crippen LogP contribution in [0.25, 0.3) is 0 Å². The van der Waals surface area contributed by atoms with E-state index in [4.69, 9.17) is 21.1 Å². The lowest BCUT2D eigenvalue weighted by atomic mass is 10.1. The van der Waals surface area contributed by atoms with Crippen LogP contribution in [0.2, 0.25) is 5.02 Å².